The van der Waals surface area contributed by atoms with Crippen molar-refractivity contribution in [3.05, 3.63) is 55.8 Å². The van der Waals surface area contributed by atoms with Crippen molar-refractivity contribution in [2.75, 3.05) is 5.73 Å². The zero-order chi connectivity index (χ0) is 17.1. The van der Waals surface area contributed by atoms with Gasteiger partial charge in [0.1, 0.15) is 5.02 Å². The molecule has 0 saturated carbocycles. The van der Waals surface area contributed by atoms with Crippen molar-refractivity contribution in [1.29, 1.82) is 0 Å². The highest BCUT2D eigenvalue weighted by molar-refractivity contribution is 6.46. The van der Waals surface area contributed by atoms with E-state index >= 15 is 0 Å². The molecule has 0 fully saturated rings. The quantitative estimate of drug-likeness (QED) is 0.486. The lowest BCUT2D eigenvalue weighted by Gasteiger charge is -2.07. The number of aryl methyl sites for hydroxylation is 2. The van der Waals surface area contributed by atoms with Crippen LogP contribution in [0.2, 0.25) is 15.2 Å². The van der Waals surface area contributed by atoms with Gasteiger partial charge in [-0.25, -0.2) is 10.4 Å². The number of amides is 1. The van der Waals surface area contributed by atoms with Crippen LogP contribution in [-0.4, -0.2) is 17.1 Å². The summed E-state index contributed by atoms with van der Waals surface area (Å²) >= 11 is 17.6. The Hall–Kier alpha value is -1.82. The van der Waals surface area contributed by atoms with Crippen molar-refractivity contribution in [2.24, 2.45) is 5.10 Å². The van der Waals surface area contributed by atoms with Crippen molar-refractivity contribution >= 4 is 52.6 Å². The molecule has 0 bridgehead atoms. The first-order valence-electron chi connectivity index (χ1n) is 6.52. The van der Waals surface area contributed by atoms with E-state index in [-0.39, 0.29) is 26.6 Å². The number of nitrogens with zero attached hydrogens (tertiary/aromatic N) is 2. The molecule has 0 aliphatic carbocycles. The molecule has 0 aliphatic rings. The van der Waals surface area contributed by atoms with Crippen LogP contribution in [0.25, 0.3) is 0 Å². The first kappa shape index (κ1) is 17.5. The van der Waals surface area contributed by atoms with Gasteiger partial charge in [-0.15, -0.1) is 0 Å². The number of pyridine rings is 1. The largest absolute Gasteiger partial charge is 0.396 e. The standard InChI is InChI=1S/C15H13Cl3N4O/c1-7-3-4-8(2)9(5-7)6-20-22-15(23)13-10(16)12(19)11(17)14(18)21-13/h3-6H,1-2H3,(H2,19,21)(H,22,23)/b20-6-. The number of aromatic nitrogens is 1. The molecule has 1 aromatic carbocycles. The van der Waals surface area contributed by atoms with Gasteiger partial charge in [0.25, 0.3) is 5.91 Å². The molecule has 8 heteroatoms. The second-order valence-electron chi connectivity index (χ2n) is 4.85. The highest BCUT2D eigenvalue weighted by atomic mass is 35.5. The average molecular weight is 372 g/mol. The minimum Gasteiger partial charge on any atom is -0.396 e. The molecule has 1 amide bonds. The van der Waals surface area contributed by atoms with Crippen molar-refractivity contribution in [1.82, 2.24) is 10.4 Å². The minimum atomic E-state index is -0.637. The zero-order valence-electron chi connectivity index (χ0n) is 12.3. The number of anilines is 1. The number of carbonyl (C=O) groups is 1. The van der Waals surface area contributed by atoms with Gasteiger partial charge in [0.15, 0.2) is 10.8 Å². The lowest BCUT2D eigenvalue weighted by atomic mass is 10.1. The van der Waals surface area contributed by atoms with E-state index in [1.165, 1.54) is 6.21 Å². The number of hydrogen-bond donors (Lipinski definition) is 2. The number of benzene rings is 1. The molecule has 2 aromatic rings. The second kappa shape index (κ2) is 7.17. The molecule has 5 nitrogen and oxygen atoms in total. The van der Waals surface area contributed by atoms with E-state index in [9.17, 15) is 4.79 Å². The highest BCUT2D eigenvalue weighted by Crippen LogP contribution is 2.34. The van der Waals surface area contributed by atoms with Gasteiger partial charge in [0.2, 0.25) is 0 Å². The molecular weight excluding hydrogens is 359 g/mol. The van der Waals surface area contributed by atoms with Crippen LogP contribution < -0.4 is 11.2 Å². The smallest absolute Gasteiger partial charge is 0.291 e. The summed E-state index contributed by atoms with van der Waals surface area (Å²) in [6.45, 7) is 3.91. The fourth-order valence-electron chi connectivity index (χ4n) is 1.79. The van der Waals surface area contributed by atoms with Crippen LogP contribution in [-0.2, 0) is 0 Å². The van der Waals surface area contributed by atoms with Crippen LogP contribution >= 0.6 is 34.8 Å². The summed E-state index contributed by atoms with van der Waals surface area (Å²) in [5, 5.41) is 3.74. The van der Waals surface area contributed by atoms with E-state index in [2.05, 4.69) is 15.5 Å². The molecule has 0 saturated heterocycles. The SMILES string of the molecule is Cc1ccc(C)c(/C=N\NC(=O)c2nc(Cl)c(Cl)c(N)c2Cl)c1. The highest BCUT2D eigenvalue weighted by Gasteiger charge is 2.19. The molecule has 1 heterocycles. The lowest BCUT2D eigenvalue weighted by Crippen LogP contribution is -2.20. The van der Waals surface area contributed by atoms with Crippen LogP contribution in [0.15, 0.2) is 23.3 Å². The topological polar surface area (TPSA) is 80.4 Å². The summed E-state index contributed by atoms with van der Waals surface area (Å²) in [5.74, 6) is -0.637. The van der Waals surface area contributed by atoms with Gasteiger partial charge in [-0.3, -0.25) is 4.79 Å². The number of nitrogens with two attached hydrogens (primary N) is 1. The number of hydrazone groups is 1. The normalized spacial score (nSPS) is 11.0. The van der Waals surface area contributed by atoms with Crippen LogP contribution in [0.5, 0.6) is 0 Å². The Morgan fingerprint density at radius 3 is 2.65 bits per heavy atom. The van der Waals surface area contributed by atoms with Gasteiger partial charge >= 0.3 is 0 Å². The van der Waals surface area contributed by atoms with Crippen LogP contribution in [0.4, 0.5) is 5.69 Å². The molecular formula is C15H13Cl3N4O. The van der Waals surface area contributed by atoms with Gasteiger partial charge < -0.3 is 5.73 Å². The maximum atomic E-state index is 12.1. The van der Waals surface area contributed by atoms with Crippen LogP contribution in [0, 0.1) is 13.8 Å². The molecule has 1 aromatic heterocycles. The third-order valence-electron chi connectivity index (χ3n) is 3.09. The minimum absolute atomic E-state index is 0.00279. The monoisotopic (exact) mass is 370 g/mol. The van der Waals surface area contributed by atoms with Gasteiger partial charge in [-0.1, -0.05) is 58.6 Å². The summed E-state index contributed by atoms with van der Waals surface area (Å²) in [7, 11) is 0. The van der Waals surface area contributed by atoms with E-state index in [0.717, 1.165) is 16.7 Å². The van der Waals surface area contributed by atoms with Gasteiger partial charge in [0, 0.05) is 0 Å². The third-order valence-corrected chi connectivity index (χ3v) is 4.23. The molecule has 120 valence electrons. The summed E-state index contributed by atoms with van der Waals surface area (Å²) < 4.78 is 0. The molecule has 0 atom stereocenters. The predicted molar refractivity (Wildman–Crippen MR) is 94.7 cm³/mol. The number of nitrogen functional groups attached to an aromatic ring is 1. The number of carbonyl (C=O) groups excluding carboxylic acids is 1. The Morgan fingerprint density at radius 2 is 1.96 bits per heavy atom. The van der Waals surface area contributed by atoms with Crippen molar-refractivity contribution in [2.45, 2.75) is 13.8 Å². The van der Waals surface area contributed by atoms with E-state index in [1.54, 1.807) is 0 Å². The van der Waals surface area contributed by atoms with Crippen LogP contribution in [0.3, 0.4) is 0 Å². The van der Waals surface area contributed by atoms with E-state index in [1.807, 2.05) is 32.0 Å². The fraction of sp³-hybridized carbons (Fsp3) is 0.133. The van der Waals surface area contributed by atoms with Crippen LogP contribution in [0.1, 0.15) is 27.2 Å². The maximum absolute atomic E-state index is 12.1. The molecule has 3 N–H and O–H groups in total. The first-order valence-corrected chi connectivity index (χ1v) is 7.65. The third kappa shape index (κ3) is 3.93. The Labute approximate surface area is 148 Å². The maximum Gasteiger partial charge on any atom is 0.291 e. The number of rotatable bonds is 3. The summed E-state index contributed by atoms with van der Waals surface area (Å²) in [6.07, 6.45) is 1.54. The number of halogens is 3. The molecule has 0 spiro atoms. The Kier molecular flexibility index (Phi) is 5.46. The van der Waals surface area contributed by atoms with E-state index < -0.39 is 5.91 Å². The molecule has 0 aliphatic heterocycles. The van der Waals surface area contributed by atoms with E-state index in [0.29, 0.717) is 0 Å². The first-order chi connectivity index (χ1) is 10.8. The Morgan fingerprint density at radius 1 is 1.26 bits per heavy atom. The number of hydrogen-bond acceptors (Lipinski definition) is 4. The van der Waals surface area contributed by atoms with Gasteiger partial charge in [0.05, 0.1) is 16.9 Å². The summed E-state index contributed by atoms with van der Waals surface area (Å²) in [5.41, 5.74) is 10.9. The van der Waals surface area contributed by atoms with Crippen molar-refractivity contribution in [3.8, 4) is 0 Å². The zero-order valence-corrected chi connectivity index (χ0v) is 14.6. The van der Waals surface area contributed by atoms with Crippen molar-refractivity contribution < 1.29 is 4.79 Å². The Balaban J connectivity index is 2.20. The fourth-order valence-corrected chi connectivity index (χ4v) is 2.39. The predicted octanol–water partition coefficient (Wildman–Crippen LogP) is 4.00. The molecule has 23 heavy (non-hydrogen) atoms. The summed E-state index contributed by atoms with van der Waals surface area (Å²) in [4.78, 5) is 15.9. The second-order valence-corrected chi connectivity index (χ2v) is 5.97. The molecule has 0 radical (unpaired) electrons. The average Bonchev–Trinajstić information content (AvgIpc) is 2.52. The molecule has 2 rings (SSSR count). The Bertz CT molecular complexity index is 806. The van der Waals surface area contributed by atoms with Crippen molar-refractivity contribution in [3.63, 3.8) is 0 Å². The van der Waals surface area contributed by atoms with Gasteiger partial charge in [-0.2, -0.15) is 5.10 Å². The summed E-state index contributed by atoms with van der Waals surface area (Å²) in [6, 6.07) is 5.91. The number of nitrogens with one attached hydrogen (secondary N) is 1. The van der Waals surface area contributed by atoms with Gasteiger partial charge in [-0.05, 0) is 25.0 Å². The molecule has 0 unspecified atom stereocenters. The lowest BCUT2D eigenvalue weighted by molar-refractivity contribution is 0.0950. The van der Waals surface area contributed by atoms with E-state index in [4.69, 9.17) is 40.5 Å².